The number of furan rings is 2. The summed E-state index contributed by atoms with van der Waals surface area (Å²) in [7, 11) is 0. The SMILES string of the molecule is CCc1ccc(N(c2cc(C(C)C)c3ccc4c(N(c5cc(C)c(CC)c(C)c5)c5cccc6c5oc5ccccc56)cc(C(C)C)c5ccc2c3c54)c2cccc3c2oc2ccccc23)cc1C. The lowest BCUT2D eigenvalue weighted by Crippen LogP contribution is -2.14. The summed E-state index contributed by atoms with van der Waals surface area (Å²) in [6.45, 7) is 20.6. The molecule has 10 aromatic carbocycles. The normalized spacial score (nSPS) is 12.2. The van der Waals surface area contributed by atoms with Crippen molar-refractivity contribution in [2.45, 2.75) is 87.0 Å². The van der Waals surface area contributed by atoms with Crippen molar-refractivity contribution in [1.29, 1.82) is 0 Å². The van der Waals surface area contributed by atoms with Gasteiger partial charge in [-0.05, 0) is 167 Å². The minimum Gasteiger partial charge on any atom is -0.454 e. The molecule has 0 aliphatic heterocycles. The molecule has 0 unspecified atom stereocenters. The average molecular weight is 899 g/mol. The lowest BCUT2D eigenvalue weighted by atomic mass is 9.84. The molecule has 2 heterocycles. The van der Waals surface area contributed by atoms with Gasteiger partial charge < -0.3 is 18.6 Å². The molecule has 0 aliphatic rings. The molecule has 0 saturated heterocycles. The number of nitrogens with zero attached hydrogens (tertiary/aromatic N) is 2. The van der Waals surface area contributed by atoms with Crippen molar-refractivity contribution in [2.75, 3.05) is 9.80 Å². The van der Waals surface area contributed by atoms with E-state index in [4.69, 9.17) is 8.83 Å². The predicted octanol–water partition coefficient (Wildman–Crippen LogP) is 19.6. The summed E-state index contributed by atoms with van der Waals surface area (Å²) in [5.41, 5.74) is 19.4. The second-order valence-corrected chi connectivity index (χ2v) is 19.9. The zero-order valence-corrected chi connectivity index (χ0v) is 41.2. The van der Waals surface area contributed by atoms with Crippen LogP contribution in [0.5, 0.6) is 0 Å². The first-order valence-corrected chi connectivity index (χ1v) is 24.9. The number of rotatable bonds is 10. The van der Waals surface area contributed by atoms with Crippen molar-refractivity contribution < 1.29 is 8.83 Å². The van der Waals surface area contributed by atoms with E-state index < -0.39 is 0 Å². The maximum atomic E-state index is 6.90. The Hall–Kier alpha value is -7.56. The number of benzene rings is 10. The number of aryl methyl sites for hydroxylation is 4. The first-order valence-electron chi connectivity index (χ1n) is 24.9. The predicted molar refractivity (Wildman–Crippen MR) is 295 cm³/mol. The van der Waals surface area contributed by atoms with E-state index in [9.17, 15) is 0 Å². The molecule has 4 nitrogen and oxygen atoms in total. The topological polar surface area (TPSA) is 32.8 Å². The molecule has 340 valence electrons. The first kappa shape index (κ1) is 42.8. The van der Waals surface area contributed by atoms with Gasteiger partial charge in [-0.1, -0.05) is 133 Å². The Balaban J connectivity index is 1.22. The smallest absolute Gasteiger partial charge is 0.159 e. The molecular weight excluding hydrogens is 841 g/mol. The van der Waals surface area contributed by atoms with Gasteiger partial charge in [0.15, 0.2) is 11.2 Å². The molecule has 12 rings (SSSR count). The van der Waals surface area contributed by atoms with Crippen LogP contribution in [0.2, 0.25) is 0 Å². The van der Waals surface area contributed by atoms with Crippen molar-refractivity contribution in [1.82, 2.24) is 0 Å². The minimum atomic E-state index is 0.245. The zero-order valence-electron chi connectivity index (χ0n) is 41.2. The van der Waals surface area contributed by atoms with Crippen molar-refractivity contribution in [3.8, 4) is 0 Å². The van der Waals surface area contributed by atoms with Crippen LogP contribution in [0, 0.1) is 20.8 Å². The lowest BCUT2D eigenvalue weighted by Gasteiger charge is -2.32. The molecule has 0 atom stereocenters. The standard InChI is InChI=1S/C65H58N2O2/c1-10-42-26-27-43(32-39(42)7)66(56-22-16-20-50-46-18-12-14-24-60(46)68-64(50)56)58-35-54(37(3)4)48-29-31-53-59(36-55(38(5)6)49-28-30-52(58)62(48)63(49)53)67(44-33-40(8)45(11-2)41(9)34-44)57-23-17-21-51-47-19-13-15-25-61(47)69-65(51)57/h12-38H,10-11H2,1-9H3. The summed E-state index contributed by atoms with van der Waals surface area (Å²) in [4.78, 5) is 4.98. The maximum absolute atomic E-state index is 6.90. The Kier molecular flexibility index (Phi) is 10.1. The van der Waals surface area contributed by atoms with Gasteiger partial charge in [-0.25, -0.2) is 0 Å². The van der Waals surface area contributed by atoms with Crippen LogP contribution in [0.15, 0.2) is 160 Å². The Morgan fingerprint density at radius 1 is 0.391 bits per heavy atom. The van der Waals surface area contributed by atoms with E-state index in [1.807, 2.05) is 0 Å². The Bertz CT molecular complexity index is 3970. The van der Waals surface area contributed by atoms with Gasteiger partial charge in [0.1, 0.15) is 11.2 Å². The van der Waals surface area contributed by atoms with E-state index in [0.29, 0.717) is 0 Å². The fourth-order valence-electron chi connectivity index (χ4n) is 11.8. The van der Waals surface area contributed by atoms with Crippen LogP contribution >= 0.6 is 0 Å². The molecule has 0 bridgehead atoms. The van der Waals surface area contributed by atoms with Gasteiger partial charge in [-0.2, -0.15) is 0 Å². The number of fused-ring (bicyclic) bond motifs is 6. The van der Waals surface area contributed by atoms with E-state index in [0.717, 1.165) is 90.8 Å². The number of para-hydroxylation sites is 4. The van der Waals surface area contributed by atoms with Gasteiger partial charge in [0.2, 0.25) is 0 Å². The summed E-state index contributed by atoms with van der Waals surface area (Å²) in [5.74, 6) is 0.491. The quantitative estimate of drug-likeness (QED) is 0.128. The maximum Gasteiger partial charge on any atom is 0.159 e. The van der Waals surface area contributed by atoms with Gasteiger partial charge in [-0.15, -0.1) is 0 Å². The van der Waals surface area contributed by atoms with Crippen molar-refractivity contribution >= 4 is 110 Å². The monoisotopic (exact) mass is 898 g/mol. The fraction of sp³-hybridized carbons (Fsp3) is 0.200. The summed E-state index contributed by atoms with van der Waals surface area (Å²) in [6, 6.07) is 56.4. The Labute approximate surface area is 404 Å². The van der Waals surface area contributed by atoms with Crippen LogP contribution in [-0.2, 0) is 12.8 Å². The third-order valence-corrected chi connectivity index (χ3v) is 15.2. The van der Waals surface area contributed by atoms with Gasteiger partial charge in [-0.3, -0.25) is 0 Å². The summed E-state index contributed by atoms with van der Waals surface area (Å²) < 4.78 is 13.8. The number of anilines is 6. The Morgan fingerprint density at radius 2 is 0.841 bits per heavy atom. The molecule has 0 saturated carbocycles. The third-order valence-electron chi connectivity index (χ3n) is 15.2. The second-order valence-electron chi connectivity index (χ2n) is 19.9. The highest BCUT2D eigenvalue weighted by atomic mass is 16.3. The summed E-state index contributed by atoms with van der Waals surface area (Å²) in [5, 5.41) is 12.0. The number of hydrogen-bond donors (Lipinski definition) is 0. The van der Waals surface area contributed by atoms with E-state index in [1.165, 1.54) is 71.3 Å². The number of hydrogen-bond acceptors (Lipinski definition) is 4. The summed E-state index contributed by atoms with van der Waals surface area (Å²) in [6.07, 6.45) is 1.96. The fourth-order valence-corrected chi connectivity index (χ4v) is 11.8. The van der Waals surface area contributed by atoms with Crippen LogP contribution in [0.25, 0.3) is 76.2 Å². The van der Waals surface area contributed by atoms with E-state index in [-0.39, 0.29) is 11.8 Å². The van der Waals surface area contributed by atoms with Gasteiger partial charge >= 0.3 is 0 Å². The molecular formula is C65H58N2O2. The molecule has 12 aromatic rings. The average Bonchev–Trinajstić information content (AvgIpc) is 3.93. The zero-order chi connectivity index (χ0) is 47.4. The lowest BCUT2D eigenvalue weighted by molar-refractivity contribution is 0.668. The van der Waals surface area contributed by atoms with Gasteiger partial charge in [0.05, 0.1) is 22.7 Å². The van der Waals surface area contributed by atoms with E-state index in [2.05, 4.69) is 224 Å². The molecule has 2 aromatic heterocycles. The molecule has 0 N–H and O–H groups in total. The highest BCUT2D eigenvalue weighted by Gasteiger charge is 2.29. The highest BCUT2D eigenvalue weighted by Crippen LogP contribution is 2.53. The van der Waals surface area contributed by atoms with E-state index >= 15 is 0 Å². The molecule has 0 spiro atoms. The van der Waals surface area contributed by atoms with Gasteiger partial charge in [0, 0.05) is 43.7 Å². The molecule has 0 fully saturated rings. The van der Waals surface area contributed by atoms with E-state index in [1.54, 1.807) is 0 Å². The van der Waals surface area contributed by atoms with Crippen LogP contribution < -0.4 is 9.80 Å². The van der Waals surface area contributed by atoms with Crippen LogP contribution in [0.3, 0.4) is 0 Å². The minimum absolute atomic E-state index is 0.245. The Morgan fingerprint density at radius 3 is 1.30 bits per heavy atom. The molecule has 4 heteroatoms. The van der Waals surface area contributed by atoms with Crippen LogP contribution in [-0.4, -0.2) is 0 Å². The van der Waals surface area contributed by atoms with Gasteiger partial charge in [0.25, 0.3) is 0 Å². The van der Waals surface area contributed by atoms with Crippen molar-refractivity contribution in [3.63, 3.8) is 0 Å². The molecule has 0 amide bonds. The van der Waals surface area contributed by atoms with Crippen LogP contribution in [0.4, 0.5) is 34.1 Å². The first-order chi connectivity index (χ1) is 33.5. The summed E-state index contributed by atoms with van der Waals surface area (Å²) >= 11 is 0. The molecule has 69 heavy (non-hydrogen) atoms. The van der Waals surface area contributed by atoms with Crippen LogP contribution in [0.1, 0.15) is 92.3 Å². The largest absolute Gasteiger partial charge is 0.454 e. The highest BCUT2D eigenvalue weighted by molar-refractivity contribution is 6.30. The van der Waals surface area contributed by atoms with Crippen molar-refractivity contribution in [2.24, 2.45) is 0 Å². The molecule has 0 radical (unpaired) electrons. The van der Waals surface area contributed by atoms with Crippen molar-refractivity contribution in [3.05, 3.63) is 191 Å². The molecule has 0 aliphatic carbocycles. The third kappa shape index (κ3) is 6.56. The second kappa shape index (κ2) is 16.3.